The fourth-order valence-electron chi connectivity index (χ4n) is 2.10. The van der Waals surface area contributed by atoms with Gasteiger partial charge in [0, 0.05) is 38.3 Å². The molecule has 0 fully saturated rings. The Kier molecular flexibility index (Phi) is 8.76. The maximum atomic E-state index is 11.0. The highest BCUT2D eigenvalue weighted by Crippen LogP contribution is 2.07. The molecular weight excluding hydrogens is 266 g/mol. The molecule has 3 N–H and O–H groups in total. The summed E-state index contributed by atoms with van der Waals surface area (Å²) in [5.74, 6) is 4.91. The van der Waals surface area contributed by atoms with Crippen molar-refractivity contribution in [2.24, 2.45) is 5.84 Å². The molecule has 1 rings (SSSR count). The van der Waals surface area contributed by atoms with E-state index in [9.17, 15) is 4.79 Å². The first kappa shape index (κ1) is 17.1. The second kappa shape index (κ2) is 10.8. The van der Waals surface area contributed by atoms with Gasteiger partial charge in [0.1, 0.15) is 0 Å². The van der Waals surface area contributed by atoms with Crippen LogP contribution in [0.5, 0.6) is 0 Å². The third-order valence-corrected chi connectivity index (χ3v) is 3.21. The number of carbonyl (C=O) groups is 1. The molecular formula is C15H23N5O. The van der Waals surface area contributed by atoms with Gasteiger partial charge in [0.05, 0.1) is 6.07 Å². The number of nitrogens with two attached hydrogens (primary N) is 1. The zero-order chi connectivity index (χ0) is 15.3. The molecule has 0 aliphatic carbocycles. The van der Waals surface area contributed by atoms with Crippen LogP contribution in [-0.2, 0) is 11.3 Å². The van der Waals surface area contributed by atoms with Gasteiger partial charge in [-0.1, -0.05) is 12.5 Å². The van der Waals surface area contributed by atoms with Crippen molar-refractivity contribution in [1.82, 2.24) is 15.3 Å². The topological polar surface area (TPSA) is 95.0 Å². The molecule has 0 saturated heterocycles. The number of pyridine rings is 1. The summed E-state index contributed by atoms with van der Waals surface area (Å²) in [6.45, 7) is 2.48. The summed E-state index contributed by atoms with van der Waals surface area (Å²) in [4.78, 5) is 17.4. The van der Waals surface area contributed by atoms with Gasteiger partial charge in [0.15, 0.2) is 0 Å². The van der Waals surface area contributed by atoms with Crippen molar-refractivity contribution in [1.29, 1.82) is 5.26 Å². The molecule has 21 heavy (non-hydrogen) atoms. The van der Waals surface area contributed by atoms with E-state index in [4.69, 9.17) is 11.1 Å². The standard InChI is InChI=1S/C15H23N5O/c16-8-5-11-20(13-14-6-4-9-18-12-14)10-3-1-2-7-15(21)19-17/h4,6,9,12H,1-3,5,7,10-11,13,17H2,(H,19,21). The molecule has 0 atom stereocenters. The molecule has 1 amide bonds. The van der Waals surface area contributed by atoms with E-state index in [0.717, 1.165) is 44.5 Å². The fraction of sp³-hybridized carbons (Fsp3) is 0.533. The molecule has 6 nitrogen and oxygen atoms in total. The van der Waals surface area contributed by atoms with Crippen LogP contribution in [0.25, 0.3) is 0 Å². The Morgan fingerprint density at radius 2 is 2.24 bits per heavy atom. The van der Waals surface area contributed by atoms with Gasteiger partial charge in [-0.15, -0.1) is 0 Å². The van der Waals surface area contributed by atoms with E-state index in [-0.39, 0.29) is 5.91 Å². The van der Waals surface area contributed by atoms with Crippen LogP contribution in [0.1, 0.15) is 37.7 Å². The van der Waals surface area contributed by atoms with Gasteiger partial charge in [-0.3, -0.25) is 20.1 Å². The Morgan fingerprint density at radius 1 is 1.38 bits per heavy atom. The van der Waals surface area contributed by atoms with Crippen LogP contribution in [0.3, 0.4) is 0 Å². The lowest BCUT2D eigenvalue weighted by molar-refractivity contribution is -0.121. The SMILES string of the molecule is N#CCCN(CCCCCC(=O)NN)Cc1cccnc1. The number of hydrogen-bond acceptors (Lipinski definition) is 5. The molecule has 0 aliphatic heterocycles. The van der Waals surface area contributed by atoms with Crippen molar-refractivity contribution in [2.75, 3.05) is 13.1 Å². The number of carbonyl (C=O) groups excluding carboxylic acids is 1. The lowest BCUT2D eigenvalue weighted by Gasteiger charge is -2.21. The number of amides is 1. The quantitative estimate of drug-likeness (QED) is 0.293. The number of nitrogens with one attached hydrogen (secondary N) is 1. The van der Waals surface area contributed by atoms with Gasteiger partial charge < -0.3 is 0 Å². The zero-order valence-corrected chi connectivity index (χ0v) is 12.3. The van der Waals surface area contributed by atoms with E-state index in [0.29, 0.717) is 12.8 Å². The number of rotatable bonds is 10. The number of nitrogens with zero attached hydrogens (tertiary/aromatic N) is 3. The number of nitriles is 1. The molecule has 0 aliphatic rings. The molecule has 6 heteroatoms. The average Bonchev–Trinajstić information content (AvgIpc) is 2.52. The van der Waals surface area contributed by atoms with Crippen molar-refractivity contribution in [3.05, 3.63) is 30.1 Å². The predicted molar refractivity (Wildman–Crippen MR) is 80.5 cm³/mol. The largest absolute Gasteiger partial charge is 0.298 e. The number of aromatic nitrogens is 1. The van der Waals surface area contributed by atoms with Gasteiger partial charge in [-0.25, -0.2) is 5.84 Å². The molecule has 0 unspecified atom stereocenters. The van der Waals surface area contributed by atoms with E-state index in [1.807, 2.05) is 18.3 Å². The van der Waals surface area contributed by atoms with Crippen molar-refractivity contribution in [3.8, 4) is 6.07 Å². The summed E-state index contributed by atoms with van der Waals surface area (Å²) in [6, 6.07) is 6.14. The van der Waals surface area contributed by atoms with Crippen LogP contribution in [0.2, 0.25) is 0 Å². The van der Waals surface area contributed by atoms with Gasteiger partial charge in [-0.2, -0.15) is 5.26 Å². The van der Waals surface area contributed by atoms with Crippen LogP contribution in [-0.4, -0.2) is 28.9 Å². The first-order valence-electron chi connectivity index (χ1n) is 7.24. The van der Waals surface area contributed by atoms with E-state index in [1.165, 1.54) is 0 Å². The summed E-state index contributed by atoms with van der Waals surface area (Å²) in [5.41, 5.74) is 3.28. The summed E-state index contributed by atoms with van der Waals surface area (Å²) >= 11 is 0. The molecule has 0 spiro atoms. The minimum atomic E-state index is -0.119. The zero-order valence-electron chi connectivity index (χ0n) is 12.3. The van der Waals surface area contributed by atoms with E-state index in [2.05, 4.69) is 21.4 Å². The lowest BCUT2D eigenvalue weighted by Crippen LogP contribution is -2.29. The second-order valence-electron chi connectivity index (χ2n) is 4.92. The Morgan fingerprint density at radius 3 is 2.90 bits per heavy atom. The van der Waals surface area contributed by atoms with E-state index >= 15 is 0 Å². The summed E-state index contributed by atoms with van der Waals surface area (Å²) in [7, 11) is 0. The first-order chi connectivity index (χ1) is 10.3. The van der Waals surface area contributed by atoms with E-state index in [1.54, 1.807) is 6.20 Å². The molecule has 0 saturated carbocycles. The molecule has 114 valence electrons. The Balaban J connectivity index is 2.30. The molecule has 1 aromatic rings. The van der Waals surface area contributed by atoms with Crippen LogP contribution >= 0.6 is 0 Å². The van der Waals surface area contributed by atoms with Gasteiger partial charge in [-0.05, 0) is 31.0 Å². The normalized spacial score (nSPS) is 10.3. The van der Waals surface area contributed by atoms with Gasteiger partial charge in [0.25, 0.3) is 0 Å². The Hall–Kier alpha value is -1.97. The van der Waals surface area contributed by atoms with Gasteiger partial charge in [0.2, 0.25) is 5.91 Å². The van der Waals surface area contributed by atoms with Crippen LogP contribution in [0.15, 0.2) is 24.5 Å². The average molecular weight is 289 g/mol. The summed E-state index contributed by atoms with van der Waals surface area (Å²) in [6.07, 6.45) is 7.42. The van der Waals surface area contributed by atoms with Crippen LogP contribution < -0.4 is 11.3 Å². The van der Waals surface area contributed by atoms with Crippen molar-refractivity contribution >= 4 is 5.91 Å². The smallest absolute Gasteiger partial charge is 0.233 e. The molecule has 1 aromatic heterocycles. The molecule has 0 radical (unpaired) electrons. The monoisotopic (exact) mass is 289 g/mol. The van der Waals surface area contributed by atoms with Crippen LogP contribution in [0, 0.1) is 11.3 Å². The highest BCUT2D eigenvalue weighted by molar-refractivity contribution is 5.74. The first-order valence-corrected chi connectivity index (χ1v) is 7.24. The highest BCUT2D eigenvalue weighted by Gasteiger charge is 2.06. The maximum Gasteiger partial charge on any atom is 0.233 e. The third-order valence-electron chi connectivity index (χ3n) is 3.21. The summed E-state index contributed by atoms with van der Waals surface area (Å²) < 4.78 is 0. The lowest BCUT2D eigenvalue weighted by atomic mass is 10.1. The van der Waals surface area contributed by atoms with Crippen molar-refractivity contribution < 1.29 is 4.79 Å². The molecule has 1 heterocycles. The maximum absolute atomic E-state index is 11.0. The second-order valence-corrected chi connectivity index (χ2v) is 4.92. The summed E-state index contributed by atoms with van der Waals surface area (Å²) in [5, 5.41) is 8.73. The number of unbranched alkanes of at least 4 members (excludes halogenated alkanes) is 2. The Labute approximate surface area is 125 Å². The number of hydrazine groups is 1. The minimum Gasteiger partial charge on any atom is -0.298 e. The fourth-order valence-corrected chi connectivity index (χ4v) is 2.10. The minimum absolute atomic E-state index is 0.119. The molecule has 0 aromatic carbocycles. The van der Waals surface area contributed by atoms with Crippen LogP contribution in [0.4, 0.5) is 0 Å². The van der Waals surface area contributed by atoms with Gasteiger partial charge >= 0.3 is 0 Å². The van der Waals surface area contributed by atoms with E-state index < -0.39 is 0 Å². The molecule has 0 bridgehead atoms. The Bertz CT molecular complexity index is 443. The number of hydrogen-bond donors (Lipinski definition) is 2. The predicted octanol–water partition coefficient (Wildman–Crippen LogP) is 1.35. The third kappa shape index (κ3) is 8.02. The van der Waals surface area contributed by atoms with Crippen molar-refractivity contribution in [3.63, 3.8) is 0 Å². The highest BCUT2D eigenvalue weighted by atomic mass is 16.2. The van der Waals surface area contributed by atoms with Crippen molar-refractivity contribution in [2.45, 2.75) is 38.6 Å².